The summed E-state index contributed by atoms with van der Waals surface area (Å²) in [5.74, 6) is 0.172. The molecular weight excluding hydrogens is 160 g/mol. The highest BCUT2D eigenvalue weighted by atomic mass is 32.1. The van der Waals surface area contributed by atoms with Crippen LogP contribution in [0.25, 0.3) is 0 Å². The fourth-order valence-electron chi connectivity index (χ4n) is 0.740. The van der Waals surface area contributed by atoms with E-state index in [2.05, 4.69) is 0 Å². The van der Waals surface area contributed by atoms with E-state index >= 15 is 0 Å². The van der Waals surface area contributed by atoms with Crippen LogP contribution in [-0.2, 0) is 9.53 Å². The van der Waals surface area contributed by atoms with Crippen molar-refractivity contribution in [2.75, 3.05) is 6.61 Å². The van der Waals surface area contributed by atoms with E-state index in [0.717, 1.165) is 6.42 Å². The molecule has 0 amide bonds. The van der Waals surface area contributed by atoms with Gasteiger partial charge in [0.1, 0.15) is 5.78 Å². The molecular formula is C8H14O2S. The van der Waals surface area contributed by atoms with Crippen molar-refractivity contribution in [1.82, 2.24) is 0 Å². The van der Waals surface area contributed by atoms with Gasteiger partial charge in [-0.15, -0.1) is 0 Å². The van der Waals surface area contributed by atoms with Crippen LogP contribution in [0.1, 0.15) is 33.1 Å². The Kier molecular flexibility index (Phi) is 6.03. The summed E-state index contributed by atoms with van der Waals surface area (Å²) in [5.41, 5.74) is 0. The number of ketones is 1. The smallest absolute Gasteiger partial charge is 0.167 e. The zero-order valence-electron chi connectivity index (χ0n) is 7.05. The highest BCUT2D eigenvalue weighted by Crippen LogP contribution is 1.97. The number of thiocarbonyl (C=S) groups is 1. The van der Waals surface area contributed by atoms with Crippen LogP contribution in [-0.4, -0.2) is 17.4 Å². The second-order valence-electron chi connectivity index (χ2n) is 2.27. The Morgan fingerprint density at radius 1 is 1.45 bits per heavy atom. The zero-order valence-corrected chi connectivity index (χ0v) is 7.87. The predicted octanol–water partition coefficient (Wildman–Crippen LogP) is 2.11. The summed E-state index contributed by atoms with van der Waals surface area (Å²) in [4.78, 5) is 11.0. The third-order valence-electron chi connectivity index (χ3n) is 1.18. The highest BCUT2D eigenvalue weighted by molar-refractivity contribution is 7.80. The summed E-state index contributed by atoms with van der Waals surface area (Å²) in [6.45, 7) is 4.39. The van der Waals surface area contributed by atoms with Crippen molar-refractivity contribution >= 4 is 23.1 Å². The van der Waals surface area contributed by atoms with Crippen molar-refractivity contribution in [1.29, 1.82) is 0 Å². The minimum Gasteiger partial charge on any atom is -0.487 e. The van der Waals surface area contributed by atoms with Gasteiger partial charge in [0.05, 0.1) is 13.0 Å². The lowest BCUT2D eigenvalue weighted by atomic mass is 10.2. The first kappa shape index (κ1) is 10.6. The maximum atomic E-state index is 11.0. The van der Waals surface area contributed by atoms with Gasteiger partial charge in [0.15, 0.2) is 5.05 Å². The molecule has 0 aliphatic carbocycles. The summed E-state index contributed by atoms with van der Waals surface area (Å²) in [5, 5.41) is 0.422. The predicted molar refractivity (Wildman–Crippen MR) is 48.8 cm³/mol. The molecule has 0 bridgehead atoms. The molecule has 0 aliphatic rings. The summed E-state index contributed by atoms with van der Waals surface area (Å²) >= 11 is 4.80. The van der Waals surface area contributed by atoms with E-state index in [1.54, 1.807) is 0 Å². The molecule has 0 heterocycles. The summed E-state index contributed by atoms with van der Waals surface area (Å²) < 4.78 is 4.97. The van der Waals surface area contributed by atoms with Crippen molar-refractivity contribution in [3.8, 4) is 0 Å². The van der Waals surface area contributed by atoms with E-state index in [-0.39, 0.29) is 5.78 Å². The van der Waals surface area contributed by atoms with E-state index in [0.29, 0.717) is 24.5 Å². The Labute approximate surface area is 72.9 Å². The molecule has 3 heteroatoms. The average molecular weight is 174 g/mol. The molecule has 0 fully saturated rings. The van der Waals surface area contributed by atoms with Gasteiger partial charge in [-0.3, -0.25) is 4.79 Å². The van der Waals surface area contributed by atoms with Gasteiger partial charge in [0.25, 0.3) is 0 Å². The van der Waals surface area contributed by atoms with E-state index < -0.39 is 0 Å². The van der Waals surface area contributed by atoms with Crippen LogP contribution in [0.15, 0.2) is 0 Å². The lowest BCUT2D eigenvalue weighted by Crippen LogP contribution is -2.08. The fraction of sp³-hybridized carbons (Fsp3) is 0.750. The largest absolute Gasteiger partial charge is 0.487 e. The van der Waals surface area contributed by atoms with Gasteiger partial charge in [-0.1, -0.05) is 6.92 Å². The van der Waals surface area contributed by atoms with E-state index in [1.165, 1.54) is 0 Å². The van der Waals surface area contributed by atoms with Crippen LogP contribution >= 0.6 is 12.2 Å². The van der Waals surface area contributed by atoms with Gasteiger partial charge >= 0.3 is 0 Å². The van der Waals surface area contributed by atoms with Crippen LogP contribution < -0.4 is 0 Å². The molecule has 0 unspecified atom stereocenters. The van der Waals surface area contributed by atoms with Crippen LogP contribution in [0.3, 0.4) is 0 Å². The van der Waals surface area contributed by atoms with Crippen LogP contribution in [0.2, 0.25) is 0 Å². The maximum absolute atomic E-state index is 11.0. The van der Waals surface area contributed by atoms with E-state index in [1.807, 2.05) is 13.8 Å². The molecule has 0 spiro atoms. The van der Waals surface area contributed by atoms with Gasteiger partial charge in [-0.05, 0) is 25.6 Å². The Hall–Kier alpha value is -0.440. The standard InChI is InChI=1S/C8H14O2S/c1-3-5-7(9)6-8(11)10-4-2/h3-6H2,1-2H3. The lowest BCUT2D eigenvalue weighted by Gasteiger charge is -2.02. The Balaban J connectivity index is 3.49. The SMILES string of the molecule is CCCC(=O)CC(=S)OCC. The van der Waals surface area contributed by atoms with E-state index in [4.69, 9.17) is 17.0 Å². The molecule has 0 aromatic rings. The molecule has 0 saturated heterocycles. The maximum Gasteiger partial charge on any atom is 0.167 e. The summed E-state index contributed by atoms with van der Waals surface area (Å²) in [6, 6.07) is 0. The molecule has 0 N–H and O–H groups in total. The molecule has 64 valence electrons. The average Bonchev–Trinajstić information content (AvgIpc) is 1.87. The second-order valence-corrected chi connectivity index (χ2v) is 2.73. The first-order valence-corrected chi connectivity index (χ1v) is 4.28. The Bertz CT molecular complexity index is 127. The first-order valence-electron chi connectivity index (χ1n) is 3.88. The minimum atomic E-state index is 0.172. The Morgan fingerprint density at radius 2 is 2.09 bits per heavy atom. The van der Waals surface area contributed by atoms with Gasteiger partial charge in [-0.2, -0.15) is 0 Å². The molecule has 0 atom stereocenters. The Morgan fingerprint density at radius 3 is 2.55 bits per heavy atom. The number of carbonyl (C=O) groups excluding carboxylic acids is 1. The fourth-order valence-corrected chi connectivity index (χ4v) is 1.02. The highest BCUT2D eigenvalue weighted by Gasteiger charge is 2.04. The summed E-state index contributed by atoms with van der Waals surface area (Å²) in [6.07, 6.45) is 1.79. The number of Topliss-reactive ketones (excluding diaryl/α,β-unsaturated/α-hetero) is 1. The van der Waals surface area contributed by atoms with Gasteiger partial charge < -0.3 is 4.74 Å². The zero-order chi connectivity index (χ0) is 8.69. The topological polar surface area (TPSA) is 26.3 Å². The van der Waals surface area contributed by atoms with E-state index in [9.17, 15) is 4.79 Å². The van der Waals surface area contributed by atoms with Gasteiger partial charge in [0, 0.05) is 6.42 Å². The number of ether oxygens (including phenoxy) is 1. The number of carbonyl (C=O) groups is 1. The number of hydrogen-bond donors (Lipinski definition) is 0. The molecule has 11 heavy (non-hydrogen) atoms. The first-order chi connectivity index (χ1) is 5.20. The lowest BCUT2D eigenvalue weighted by molar-refractivity contribution is -0.118. The summed E-state index contributed by atoms with van der Waals surface area (Å²) in [7, 11) is 0. The quantitative estimate of drug-likeness (QED) is 0.597. The molecule has 0 radical (unpaired) electrons. The molecule has 0 aromatic carbocycles. The normalized spacial score (nSPS) is 9.27. The molecule has 0 aromatic heterocycles. The minimum absolute atomic E-state index is 0.172. The van der Waals surface area contributed by atoms with Crippen LogP contribution in [0.4, 0.5) is 0 Å². The molecule has 0 saturated carbocycles. The third-order valence-corrected chi connectivity index (χ3v) is 1.44. The second kappa shape index (κ2) is 6.28. The van der Waals surface area contributed by atoms with Crippen molar-refractivity contribution in [2.24, 2.45) is 0 Å². The third kappa shape index (κ3) is 5.98. The van der Waals surface area contributed by atoms with Gasteiger partial charge in [-0.25, -0.2) is 0 Å². The molecule has 2 nitrogen and oxygen atoms in total. The van der Waals surface area contributed by atoms with Crippen molar-refractivity contribution in [2.45, 2.75) is 33.1 Å². The van der Waals surface area contributed by atoms with Crippen LogP contribution in [0.5, 0.6) is 0 Å². The van der Waals surface area contributed by atoms with Crippen LogP contribution in [0, 0.1) is 0 Å². The monoisotopic (exact) mass is 174 g/mol. The van der Waals surface area contributed by atoms with Crippen molar-refractivity contribution < 1.29 is 9.53 Å². The van der Waals surface area contributed by atoms with Crippen molar-refractivity contribution in [3.63, 3.8) is 0 Å². The number of hydrogen-bond acceptors (Lipinski definition) is 3. The number of rotatable bonds is 5. The van der Waals surface area contributed by atoms with Crippen molar-refractivity contribution in [3.05, 3.63) is 0 Å². The molecule has 0 aliphatic heterocycles. The molecule has 0 rings (SSSR count). The van der Waals surface area contributed by atoms with Gasteiger partial charge in [0.2, 0.25) is 0 Å².